The number of carbonyl (C=O) groups excluding carboxylic acids is 1. The van der Waals surface area contributed by atoms with E-state index in [2.05, 4.69) is 6.58 Å². The van der Waals surface area contributed by atoms with Crippen LogP contribution in [0.3, 0.4) is 0 Å². The highest BCUT2D eigenvalue weighted by atomic mass is 16.5. The minimum absolute atomic E-state index is 0.293. The van der Waals surface area contributed by atoms with Crippen molar-refractivity contribution in [1.29, 1.82) is 0 Å². The zero-order valence-corrected chi connectivity index (χ0v) is 11.2. The molecule has 3 nitrogen and oxygen atoms in total. The lowest BCUT2D eigenvalue weighted by atomic mass is 9.77. The normalized spacial score (nSPS) is 15.5. The van der Waals surface area contributed by atoms with Gasteiger partial charge in [0.05, 0.1) is 18.6 Å². The van der Waals surface area contributed by atoms with E-state index in [-0.39, 0.29) is 12.1 Å². The number of rotatable bonds is 6. The van der Waals surface area contributed by atoms with Crippen LogP contribution in [0.25, 0.3) is 0 Å². The van der Waals surface area contributed by atoms with Crippen LogP contribution in [0.15, 0.2) is 43.0 Å². The molecule has 0 aliphatic carbocycles. The molecule has 0 amide bonds. The van der Waals surface area contributed by atoms with E-state index in [1.807, 2.05) is 37.3 Å². The number of ether oxygens (including phenoxy) is 2. The van der Waals surface area contributed by atoms with Gasteiger partial charge in [-0.2, -0.15) is 0 Å². The molecule has 98 valence electrons. The third kappa shape index (κ3) is 2.79. The second kappa shape index (κ2) is 6.36. The maximum atomic E-state index is 12.0. The number of methoxy groups -OCH3 is 2. The lowest BCUT2D eigenvalue weighted by Crippen LogP contribution is -2.36. The summed E-state index contributed by atoms with van der Waals surface area (Å²) >= 11 is 0. The van der Waals surface area contributed by atoms with Gasteiger partial charge in [-0.15, -0.1) is 6.58 Å². The first-order valence-electron chi connectivity index (χ1n) is 5.87. The Bertz CT molecular complexity index is 399. The van der Waals surface area contributed by atoms with Gasteiger partial charge in [-0.3, -0.25) is 4.79 Å². The zero-order chi connectivity index (χ0) is 13.6. The van der Waals surface area contributed by atoms with Crippen LogP contribution in [0.1, 0.15) is 25.0 Å². The lowest BCUT2D eigenvalue weighted by molar-refractivity contribution is -0.160. The highest BCUT2D eigenvalue weighted by Gasteiger charge is 2.42. The average Bonchev–Trinajstić information content (AvgIpc) is 2.40. The molecule has 2 atom stereocenters. The molecule has 0 saturated carbocycles. The summed E-state index contributed by atoms with van der Waals surface area (Å²) in [6.45, 7) is 5.54. The van der Waals surface area contributed by atoms with Crippen molar-refractivity contribution in [2.24, 2.45) is 5.41 Å². The summed E-state index contributed by atoms with van der Waals surface area (Å²) in [4.78, 5) is 12.0. The van der Waals surface area contributed by atoms with Gasteiger partial charge in [0.2, 0.25) is 0 Å². The van der Waals surface area contributed by atoms with Crippen LogP contribution in [-0.4, -0.2) is 20.2 Å². The van der Waals surface area contributed by atoms with Crippen LogP contribution in [0.2, 0.25) is 0 Å². The van der Waals surface area contributed by atoms with E-state index in [0.29, 0.717) is 6.42 Å². The first-order valence-corrected chi connectivity index (χ1v) is 5.87. The number of hydrogen-bond donors (Lipinski definition) is 0. The molecule has 0 aromatic heterocycles. The van der Waals surface area contributed by atoms with Gasteiger partial charge < -0.3 is 9.47 Å². The van der Waals surface area contributed by atoms with Gasteiger partial charge in [-0.25, -0.2) is 0 Å². The van der Waals surface area contributed by atoms with Crippen LogP contribution in [0.4, 0.5) is 0 Å². The second-order valence-corrected chi connectivity index (χ2v) is 4.43. The summed E-state index contributed by atoms with van der Waals surface area (Å²) in [7, 11) is 2.99. The molecule has 0 heterocycles. The van der Waals surface area contributed by atoms with E-state index in [1.54, 1.807) is 13.2 Å². The fraction of sp³-hybridized carbons (Fsp3) is 0.400. The second-order valence-electron chi connectivity index (χ2n) is 4.43. The van der Waals surface area contributed by atoms with Crippen molar-refractivity contribution >= 4 is 5.97 Å². The molecule has 0 spiro atoms. The molecular weight excluding hydrogens is 228 g/mol. The highest BCUT2D eigenvalue weighted by Crippen LogP contribution is 2.40. The number of allylic oxidation sites excluding steroid dienone is 1. The van der Waals surface area contributed by atoms with E-state index in [1.165, 1.54) is 7.11 Å². The number of benzene rings is 1. The molecule has 0 saturated heterocycles. The Balaban J connectivity index is 3.17. The van der Waals surface area contributed by atoms with E-state index < -0.39 is 5.41 Å². The molecule has 0 fully saturated rings. The largest absolute Gasteiger partial charge is 0.469 e. The molecule has 3 heteroatoms. The standard InChI is InChI=1S/C15H20O3/c1-5-11-15(2,14(16)18-4)13(17-3)12-9-7-6-8-10-12/h5-10,13H,1,11H2,2-4H3/t13-,15-/m1/s1. The minimum atomic E-state index is -0.771. The molecule has 0 bridgehead atoms. The third-order valence-corrected chi connectivity index (χ3v) is 3.14. The minimum Gasteiger partial charge on any atom is -0.469 e. The molecule has 1 aromatic rings. The first kappa shape index (κ1) is 14.5. The maximum Gasteiger partial charge on any atom is 0.314 e. The van der Waals surface area contributed by atoms with Gasteiger partial charge in [0, 0.05) is 7.11 Å². The van der Waals surface area contributed by atoms with Crippen molar-refractivity contribution in [3.05, 3.63) is 48.6 Å². The smallest absolute Gasteiger partial charge is 0.314 e. The Labute approximate surface area is 108 Å². The van der Waals surface area contributed by atoms with Crippen molar-refractivity contribution in [3.8, 4) is 0 Å². The quantitative estimate of drug-likeness (QED) is 0.573. The molecule has 0 N–H and O–H groups in total. The Morgan fingerprint density at radius 3 is 2.44 bits per heavy atom. The molecular formula is C15H20O3. The lowest BCUT2D eigenvalue weighted by Gasteiger charge is -2.33. The van der Waals surface area contributed by atoms with Crippen molar-refractivity contribution in [2.45, 2.75) is 19.4 Å². The number of hydrogen-bond acceptors (Lipinski definition) is 3. The summed E-state index contributed by atoms with van der Waals surface area (Å²) in [5.41, 5.74) is 0.182. The van der Waals surface area contributed by atoms with E-state index >= 15 is 0 Å². The fourth-order valence-corrected chi connectivity index (χ4v) is 2.22. The monoisotopic (exact) mass is 248 g/mol. The summed E-state index contributed by atoms with van der Waals surface area (Å²) in [5.74, 6) is -0.293. The van der Waals surface area contributed by atoms with Crippen LogP contribution >= 0.6 is 0 Å². The molecule has 0 radical (unpaired) electrons. The van der Waals surface area contributed by atoms with Gasteiger partial charge in [-0.1, -0.05) is 36.4 Å². The molecule has 1 rings (SSSR count). The Hall–Kier alpha value is -1.61. The van der Waals surface area contributed by atoms with Gasteiger partial charge in [0.25, 0.3) is 0 Å². The number of esters is 1. The summed E-state index contributed by atoms with van der Waals surface area (Å²) < 4.78 is 10.4. The topological polar surface area (TPSA) is 35.5 Å². The van der Waals surface area contributed by atoms with Gasteiger partial charge in [0.1, 0.15) is 0 Å². The van der Waals surface area contributed by atoms with Crippen molar-refractivity contribution in [3.63, 3.8) is 0 Å². The Morgan fingerprint density at radius 2 is 2.00 bits per heavy atom. The predicted molar refractivity (Wildman–Crippen MR) is 71.1 cm³/mol. The summed E-state index contributed by atoms with van der Waals surface area (Å²) in [6.07, 6.45) is 1.85. The molecule has 0 aliphatic rings. The van der Waals surface area contributed by atoms with Crippen LogP contribution in [0.5, 0.6) is 0 Å². The van der Waals surface area contributed by atoms with Gasteiger partial charge in [0.15, 0.2) is 0 Å². The summed E-state index contributed by atoms with van der Waals surface area (Å²) in [5, 5.41) is 0. The van der Waals surface area contributed by atoms with Crippen molar-refractivity contribution < 1.29 is 14.3 Å². The van der Waals surface area contributed by atoms with E-state index in [4.69, 9.17) is 9.47 Å². The molecule has 0 unspecified atom stereocenters. The van der Waals surface area contributed by atoms with Crippen molar-refractivity contribution in [2.75, 3.05) is 14.2 Å². The highest BCUT2D eigenvalue weighted by molar-refractivity contribution is 5.77. The Kier molecular flexibility index (Phi) is 5.10. The van der Waals surface area contributed by atoms with E-state index in [0.717, 1.165) is 5.56 Å². The van der Waals surface area contributed by atoms with Crippen molar-refractivity contribution in [1.82, 2.24) is 0 Å². The maximum absolute atomic E-state index is 12.0. The first-order chi connectivity index (χ1) is 8.60. The van der Waals surface area contributed by atoms with Gasteiger partial charge >= 0.3 is 5.97 Å². The van der Waals surface area contributed by atoms with Crippen LogP contribution in [0, 0.1) is 5.41 Å². The third-order valence-electron chi connectivity index (χ3n) is 3.14. The Morgan fingerprint density at radius 1 is 1.39 bits per heavy atom. The predicted octanol–water partition coefficient (Wildman–Crippen LogP) is 3.13. The van der Waals surface area contributed by atoms with Crippen LogP contribution < -0.4 is 0 Å². The van der Waals surface area contributed by atoms with E-state index in [9.17, 15) is 4.79 Å². The average molecular weight is 248 g/mol. The molecule has 1 aromatic carbocycles. The van der Waals surface area contributed by atoms with Crippen LogP contribution in [-0.2, 0) is 14.3 Å². The molecule has 18 heavy (non-hydrogen) atoms. The SMILES string of the molecule is C=CC[C@@](C)(C(=O)OC)[C@H](OC)c1ccccc1. The summed E-state index contributed by atoms with van der Waals surface area (Å²) in [6, 6.07) is 9.66. The van der Waals surface area contributed by atoms with Gasteiger partial charge in [-0.05, 0) is 18.9 Å². The number of carbonyl (C=O) groups is 1. The fourth-order valence-electron chi connectivity index (χ4n) is 2.22. The molecule has 0 aliphatic heterocycles. The zero-order valence-electron chi connectivity index (χ0n) is 11.2.